The summed E-state index contributed by atoms with van der Waals surface area (Å²) in [7, 11) is 1.45. The highest BCUT2D eigenvalue weighted by molar-refractivity contribution is 6.32. The van der Waals surface area contributed by atoms with E-state index >= 15 is 0 Å². The summed E-state index contributed by atoms with van der Waals surface area (Å²) in [5, 5.41) is 5.01. The van der Waals surface area contributed by atoms with Gasteiger partial charge < -0.3 is 10.1 Å². The molecule has 0 aromatic heterocycles. The summed E-state index contributed by atoms with van der Waals surface area (Å²) >= 11 is 5.94. The van der Waals surface area contributed by atoms with E-state index in [1.165, 1.54) is 37.4 Å². The maximum Gasteiger partial charge on any atom is 0.407 e. The van der Waals surface area contributed by atoms with E-state index in [4.69, 9.17) is 16.3 Å². The second-order valence-electron chi connectivity index (χ2n) is 5.16. The lowest BCUT2D eigenvalue weighted by molar-refractivity contribution is -0.158. The molecule has 1 unspecified atom stereocenters. The molecule has 25 heavy (non-hydrogen) atoms. The normalized spacial score (nSPS) is 12.5. The molecule has 2 aromatic rings. The Bertz CT molecular complexity index is 724. The van der Waals surface area contributed by atoms with E-state index in [0.29, 0.717) is 11.4 Å². The smallest absolute Gasteiger partial charge is 0.407 e. The average molecular weight is 373 g/mol. The summed E-state index contributed by atoms with van der Waals surface area (Å²) in [5.41, 5.74) is 0.399. The second-order valence-corrected chi connectivity index (χ2v) is 5.57. The molecule has 0 radical (unpaired) electrons. The molecule has 0 aliphatic heterocycles. The van der Waals surface area contributed by atoms with Crippen LogP contribution in [0.25, 0.3) is 0 Å². The number of carbonyl (C=O) groups is 1. The van der Waals surface area contributed by atoms with Gasteiger partial charge in [0.1, 0.15) is 11.8 Å². The first-order chi connectivity index (χ1) is 11.8. The fraction of sp³-hybridized carbons (Fsp3) is 0.235. The summed E-state index contributed by atoms with van der Waals surface area (Å²) in [6, 6.07) is 9.96. The molecule has 0 bridgehead atoms. The van der Waals surface area contributed by atoms with Crippen molar-refractivity contribution in [3.63, 3.8) is 0 Å². The van der Waals surface area contributed by atoms with Crippen LogP contribution in [0.5, 0.6) is 5.75 Å². The van der Waals surface area contributed by atoms with E-state index in [2.05, 4.69) is 10.6 Å². The number of nitrogens with one attached hydrogen (secondary N) is 2. The third-order valence-corrected chi connectivity index (χ3v) is 3.66. The number of carbonyl (C=O) groups excluding carboxylic acids is 1. The number of halogens is 4. The highest BCUT2D eigenvalue weighted by Gasteiger charge is 2.40. The second kappa shape index (κ2) is 8.22. The number of ether oxygens (including phenoxy) is 1. The van der Waals surface area contributed by atoms with Crippen molar-refractivity contribution in [2.24, 2.45) is 0 Å². The zero-order valence-electron chi connectivity index (χ0n) is 13.2. The lowest BCUT2D eigenvalue weighted by Gasteiger charge is -2.22. The van der Waals surface area contributed by atoms with Gasteiger partial charge in [0.05, 0.1) is 18.7 Å². The third-order valence-electron chi connectivity index (χ3n) is 3.36. The maximum absolute atomic E-state index is 13.2. The Morgan fingerprint density at radius 2 is 1.88 bits per heavy atom. The Balaban J connectivity index is 2.01. The molecule has 0 saturated heterocycles. The lowest BCUT2D eigenvalue weighted by atomic mass is 10.1. The van der Waals surface area contributed by atoms with Crippen LogP contribution >= 0.6 is 11.6 Å². The molecule has 0 spiro atoms. The van der Waals surface area contributed by atoms with Crippen molar-refractivity contribution in [2.45, 2.75) is 12.2 Å². The molecule has 0 aliphatic rings. The molecule has 4 nitrogen and oxygen atoms in total. The van der Waals surface area contributed by atoms with E-state index in [0.717, 1.165) is 0 Å². The summed E-state index contributed by atoms with van der Waals surface area (Å²) in [6.07, 6.45) is -4.52. The predicted octanol–water partition coefficient (Wildman–Crippen LogP) is 4.18. The fourth-order valence-corrected chi connectivity index (χ4v) is 2.47. The van der Waals surface area contributed by atoms with Crippen LogP contribution < -0.4 is 15.4 Å². The van der Waals surface area contributed by atoms with Gasteiger partial charge in [0.15, 0.2) is 0 Å². The predicted molar refractivity (Wildman–Crippen MR) is 89.9 cm³/mol. The Kier molecular flexibility index (Phi) is 6.27. The number of hydrogen-bond donors (Lipinski definition) is 2. The van der Waals surface area contributed by atoms with Crippen molar-refractivity contribution >= 4 is 23.2 Å². The van der Waals surface area contributed by atoms with Crippen LogP contribution in [0, 0.1) is 0 Å². The molecule has 1 atom stereocenters. The van der Waals surface area contributed by atoms with E-state index in [1.807, 2.05) is 0 Å². The van der Waals surface area contributed by atoms with Gasteiger partial charge >= 0.3 is 6.18 Å². The lowest BCUT2D eigenvalue weighted by Crippen LogP contribution is -2.38. The van der Waals surface area contributed by atoms with Gasteiger partial charge in [0.2, 0.25) is 5.91 Å². The Labute approximate surface area is 147 Å². The molecular formula is C17H16ClF3N2O2. The molecule has 1 amide bonds. The van der Waals surface area contributed by atoms with Crippen molar-refractivity contribution in [1.82, 2.24) is 5.32 Å². The van der Waals surface area contributed by atoms with Crippen molar-refractivity contribution < 1.29 is 22.7 Å². The van der Waals surface area contributed by atoms with Crippen molar-refractivity contribution in [3.05, 3.63) is 59.1 Å². The largest absolute Gasteiger partial charge is 0.495 e. The Hall–Kier alpha value is -2.25. The number of hydrogen-bond acceptors (Lipinski definition) is 3. The molecule has 2 rings (SSSR count). The highest BCUT2D eigenvalue weighted by atomic mass is 35.5. The number of alkyl halides is 3. The van der Waals surface area contributed by atoms with E-state index < -0.39 is 24.7 Å². The molecule has 2 aromatic carbocycles. The molecule has 0 heterocycles. The van der Waals surface area contributed by atoms with E-state index in [9.17, 15) is 18.0 Å². The summed E-state index contributed by atoms with van der Waals surface area (Å²) in [5.74, 6) is -0.189. The van der Waals surface area contributed by atoms with Crippen molar-refractivity contribution in [2.75, 3.05) is 19.0 Å². The molecule has 8 heteroatoms. The fourth-order valence-electron chi connectivity index (χ4n) is 2.21. The van der Waals surface area contributed by atoms with Gasteiger partial charge in [-0.3, -0.25) is 10.1 Å². The van der Waals surface area contributed by atoms with Gasteiger partial charge in [-0.05, 0) is 23.8 Å². The van der Waals surface area contributed by atoms with Crippen LogP contribution in [0.3, 0.4) is 0 Å². The maximum atomic E-state index is 13.2. The molecular weight excluding hydrogens is 357 g/mol. The van der Waals surface area contributed by atoms with E-state index in [-0.39, 0.29) is 10.6 Å². The first kappa shape index (κ1) is 19.1. The third kappa shape index (κ3) is 5.37. The Morgan fingerprint density at radius 1 is 1.20 bits per heavy atom. The van der Waals surface area contributed by atoms with Gasteiger partial charge in [-0.2, -0.15) is 13.2 Å². The van der Waals surface area contributed by atoms with Gasteiger partial charge in [0.25, 0.3) is 0 Å². The van der Waals surface area contributed by atoms with Crippen LogP contribution in [-0.4, -0.2) is 25.7 Å². The van der Waals surface area contributed by atoms with Crippen LogP contribution in [0.1, 0.15) is 11.6 Å². The minimum Gasteiger partial charge on any atom is -0.495 e. The summed E-state index contributed by atoms with van der Waals surface area (Å²) in [4.78, 5) is 11.9. The zero-order chi connectivity index (χ0) is 18.4. The molecule has 0 fully saturated rings. The molecule has 2 N–H and O–H groups in total. The first-order valence-electron chi connectivity index (χ1n) is 7.29. The first-order valence-corrected chi connectivity index (χ1v) is 7.67. The SMILES string of the molecule is COc1ccc(NC(=O)CNC(c2ccccc2)C(F)(F)F)cc1Cl. The van der Waals surface area contributed by atoms with E-state index in [1.54, 1.807) is 18.2 Å². The number of benzene rings is 2. The molecule has 0 saturated carbocycles. The minimum atomic E-state index is -4.52. The quantitative estimate of drug-likeness (QED) is 0.799. The average Bonchev–Trinajstić information content (AvgIpc) is 2.55. The number of rotatable bonds is 6. The molecule has 134 valence electrons. The highest BCUT2D eigenvalue weighted by Crippen LogP contribution is 2.32. The van der Waals surface area contributed by atoms with Gasteiger partial charge in [0, 0.05) is 5.69 Å². The monoisotopic (exact) mass is 372 g/mol. The minimum absolute atomic E-state index is 0.0373. The van der Waals surface area contributed by atoms with Crippen LogP contribution in [-0.2, 0) is 4.79 Å². The van der Waals surface area contributed by atoms with Gasteiger partial charge in [-0.15, -0.1) is 0 Å². The van der Waals surface area contributed by atoms with Crippen molar-refractivity contribution in [1.29, 1.82) is 0 Å². The van der Waals surface area contributed by atoms with Crippen LogP contribution in [0.4, 0.5) is 18.9 Å². The number of amides is 1. The standard InChI is InChI=1S/C17H16ClF3N2O2/c1-25-14-8-7-12(9-13(14)18)23-15(24)10-22-16(17(19,20)21)11-5-3-2-4-6-11/h2-9,16,22H,10H2,1H3,(H,23,24). The topological polar surface area (TPSA) is 50.4 Å². The molecule has 0 aliphatic carbocycles. The number of anilines is 1. The summed E-state index contributed by atoms with van der Waals surface area (Å²) < 4.78 is 44.6. The van der Waals surface area contributed by atoms with Crippen LogP contribution in [0.2, 0.25) is 5.02 Å². The van der Waals surface area contributed by atoms with Crippen LogP contribution in [0.15, 0.2) is 48.5 Å². The Morgan fingerprint density at radius 3 is 2.44 bits per heavy atom. The van der Waals surface area contributed by atoms with Gasteiger partial charge in [-0.25, -0.2) is 0 Å². The zero-order valence-corrected chi connectivity index (χ0v) is 14.0. The van der Waals surface area contributed by atoms with Gasteiger partial charge in [-0.1, -0.05) is 41.9 Å². The number of methoxy groups -OCH3 is 1. The van der Waals surface area contributed by atoms with Crippen molar-refractivity contribution in [3.8, 4) is 5.75 Å². The summed E-state index contributed by atoms with van der Waals surface area (Å²) in [6.45, 7) is -0.511.